The molecule has 8 N–H and O–H groups in total. The Morgan fingerprint density at radius 2 is 1.73 bits per heavy atom. The van der Waals surface area contributed by atoms with Crippen molar-refractivity contribution in [1.29, 1.82) is 0 Å². The first-order valence-electron chi connectivity index (χ1n) is 8.37. The highest BCUT2D eigenvalue weighted by Gasteiger charge is 2.20. The number of nitrogens with one attached hydrogen (secondary N) is 2. The third kappa shape index (κ3) is 8.67. The summed E-state index contributed by atoms with van der Waals surface area (Å²) in [5, 5.41) is 5.42. The Balaban J connectivity index is 2.62. The van der Waals surface area contributed by atoms with Gasteiger partial charge in [-0.2, -0.15) is 0 Å². The van der Waals surface area contributed by atoms with E-state index in [0.29, 0.717) is 37.9 Å². The molecule has 0 aromatic heterocycles. The Labute approximate surface area is 152 Å². The highest BCUT2D eigenvalue weighted by molar-refractivity contribution is 5.97. The van der Waals surface area contributed by atoms with E-state index in [0.717, 1.165) is 0 Å². The molecular formula is C17H26N6O3. The van der Waals surface area contributed by atoms with Crippen molar-refractivity contribution in [3.05, 3.63) is 35.9 Å². The lowest BCUT2D eigenvalue weighted by Crippen LogP contribution is -2.47. The van der Waals surface area contributed by atoms with Gasteiger partial charge >= 0.3 is 0 Å². The largest absolute Gasteiger partial charge is 0.370 e. The van der Waals surface area contributed by atoms with Crippen LogP contribution in [0.1, 0.15) is 36.0 Å². The minimum absolute atomic E-state index is 0.0224. The van der Waals surface area contributed by atoms with Gasteiger partial charge in [-0.1, -0.05) is 18.2 Å². The molecule has 1 aromatic carbocycles. The predicted octanol–water partition coefficient (Wildman–Crippen LogP) is -0.780. The zero-order valence-corrected chi connectivity index (χ0v) is 14.6. The summed E-state index contributed by atoms with van der Waals surface area (Å²) in [7, 11) is 0. The minimum atomic E-state index is -0.731. The first kappa shape index (κ1) is 20.9. The quantitative estimate of drug-likeness (QED) is 0.197. The van der Waals surface area contributed by atoms with Crippen LogP contribution in [-0.4, -0.2) is 42.8 Å². The van der Waals surface area contributed by atoms with Gasteiger partial charge in [0.25, 0.3) is 5.91 Å². The van der Waals surface area contributed by atoms with Gasteiger partial charge in [0.2, 0.25) is 11.8 Å². The van der Waals surface area contributed by atoms with Crippen LogP contribution in [0, 0.1) is 0 Å². The van der Waals surface area contributed by atoms with Crippen molar-refractivity contribution in [3.8, 4) is 0 Å². The van der Waals surface area contributed by atoms with Crippen LogP contribution in [0.2, 0.25) is 0 Å². The second kappa shape index (κ2) is 11.5. The summed E-state index contributed by atoms with van der Waals surface area (Å²) >= 11 is 0. The number of nitrogens with zero attached hydrogens (tertiary/aromatic N) is 1. The summed E-state index contributed by atoms with van der Waals surface area (Å²) in [5.41, 5.74) is 16.1. The maximum Gasteiger partial charge on any atom is 0.251 e. The SMILES string of the molecule is NC(=O)CCCNC(=O)[C@H](CCCN=C(N)N)NC(=O)c1ccccc1. The molecule has 3 amide bonds. The summed E-state index contributed by atoms with van der Waals surface area (Å²) in [6, 6.07) is 7.88. The van der Waals surface area contributed by atoms with Crippen LogP contribution in [0.4, 0.5) is 0 Å². The lowest BCUT2D eigenvalue weighted by atomic mass is 10.1. The Morgan fingerprint density at radius 3 is 2.35 bits per heavy atom. The summed E-state index contributed by atoms with van der Waals surface area (Å²) in [4.78, 5) is 39.2. The maximum atomic E-state index is 12.4. The second-order valence-electron chi connectivity index (χ2n) is 5.70. The van der Waals surface area contributed by atoms with E-state index in [-0.39, 0.29) is 24.2 Å². The number of hydrogen-bond acceptors (Lipinski definition) is 4. The number of aliphatic imine (C=N–C) groups is 1. The van der Waals surface area contributed by atoms with Gasteiger partial charge in [0.1, 0.15) is 6.04 Å². The molecule has 0 fully saturated rings. The van der Waals surface area contributed by atoms with E-state index in [4.69, 9.17) is 17.2 Å². The van der Waals surface area contributed by atoms with Gasteiger partial charge < -0.3 is 27.8 Å². The summed E-state index contributed by atoms with van der Waals surface area (Å²) < 4.78 is 0. The standard InChI is InChI=1S/C17H26N6O3/c18-14(24)9-5-10-21-16(26)13(8-4-11-22-17(19)20)23-15(25)12-6-2-1-3-7-12/h1-3,6-7,13H,4-5,8-11H2,(H2,18,24)(H,21,26)(H,23,25)(H4,19,20,22)/t13-/m0/s1. The number of benzene rings is 1. The van der Waals surface area contributed by atoms with Crippen molar-refractivity contribution in [1.82, 2.24) is 10.6 Å². The Morgan fingerprint density at radius 1 is 1.04 bits per heavy atom. The third-order valence-electron chi connectivity index (χ3n) is 3.50. The normalized spacial score (nSPS) is 11.2. The number of amides is 3. The molecule has 26 heavy (non-hydrogen) atoms. The molecule has 0 aliphatic heterocycles. The van der Waals surface area contributed by atoms with Gasteiger partial charge in [-0.05, 0) is 31.4 Å². The minimum Gasteiger partial charge on any atom is -0.370 e. The maximum absolute atomic E-state index is 12.4. The van der Waals surface area contributed by atoms with E-state index in [2.05, 4.69) is 15.6 Å². The molecule has 0 aliphatic carbocycles. The molecule has 0 saturated carbocycles. The Hall–Kier alpha value is -3.10. The fraction of sp³-hybridized carbons (Fsp3) is 0.412. The topological polar surface area (TPSA) is 166 Å². The van der Waals surface area contributed by atoms with Crippen molar-refractivity contribution in [2.75, 3.05) is 13.1 Å². The van der Waals surface area contributed by atoms with Crippen LogP contribution in [-0.2, 0) is 9.59 Å². The van der Waals surface area contributed by atoms with Crippen LogP contribution in [0.15, 0.2) is 35.3 Å². The van der Waals surface area contributed by atoms with Crippen molar-refractivity contribution >= 4 is 23.7 Å². The highest BCUT2D eigenvalue weighted by Crippen LogP contribution is 2.03. The zero-order valence-electron chi connectivity index (χ0n) is 14.6. The molecule has 0 radical (unpaired) electrons. The molecule has 1 rings (SSSR count). The van der Waals surface area contributed by atoms with Gasteiger partial charge in [0.05, 0.1) is 0 Å². The molecule has 0 heterocycles. The molecule has 0 unspecified atom stereocenters. The van der Waals surface area contributed by atoms with Crippen LogP contribution in [0.25, 0.3) is 0 Å². The van der Waals surface area contributed by atoms with Crippen molar-refractivity contribution in [2.45, 2.75) is 31.7 Å². The molecule has 0 spiro atoms. The number of primary amides is 1. The number of carbonyl (C=O) groups excluding carboxylic acids is 3. The molecule has 0 bridgehead atoms. The third-order valence-corrected chi connectivity index (χ3v) is 3.50. The van der Waals surface area contributed by atoms with Crippen molar-refractivity contribution < 1.29 is 14.4 Å². The van der Waals surface area contributed by atoms with Gasteiger partial charge in [0, 0.05) is 25.1 Å². The molecular weight excluding hydrogens is 336 g/mol. The smallest absolute Gasteiger partial charge is 0.251 e. The van der Waals surface area contributed by atoms with E-state index in [1.54, 1.807) is 30.3 Å². The zero-order chi connectivity index (χ0) is 19.4. The second-order valence-corrected chi connectivity index (χ2v) is 5.70. The first-order chi connectivity index (χ1) is 12.4. The van der Waals surface area contributed by atoms with Gasteiger partial charge in [-0.3, -0.25) is 19.4 Å². The first-order valence-corrected chi connectivity index (χ1v) is 8.37. The average molecular weight is 362 g/mol. The molecule has 9 heteroatoms. The number of nitrogens with two attached hydrogens (primary N) is 3. The lowest BCUT2D eigenvalue weighted by Gasteiger charge is -2.18. The number of guanidine groups is 1. The van der Waals surface area contributed by atoms with E-state index in [1.165, 1.54) is 0 Å². The van der Waals surface area contributed by atoms with Crippen LogP contribution >= 0.6 is 0 Å². The monoisotopic (exact) mass is 362 g/mol. The Kier molecular flexibility index (Phi) is 9.23. The highest BCUT2D eigenvalue weighted by atomic mass is 16.2. The van der Waals surface area contributed by atoms with Crippen LogP contribution in [0.3, 0.4) is 0 Å². The molecule has 0 aliphatic rings. The van der Waals surface area contributed by atoms with Gasteiger partial charge in [0.15, 0.2) is 5.96 Å². The van der Waals surface area contributed by atoms with Crippen molar-refractivity contribution in [2.24, 2.45) is 22.2 Å². The predicted molar refractivity (Wildman–Crippen MR) is 99.0 cm³/mol. The summed E-state index contributed by atoms with van der Waals surface area (Å²) in [5.74, 6) is -1.12. The Bertz CT molecular complexity index is 629. The summed E-state index contributed by atoms with van der Waals surface area (Å²) in [6.07, 6.45) is 1.52. The molecule has 142 valence electrons. The fourth-order valence-corrected chi connectivity index (χ4v) is 2.20. The summed E-state index contributed by atoms with van der Waals surface area (Å²) in [6.45, 7) is 0.655. The lowest BCUT2D eigenvalue weighted by molar-refractivity contribution is -0.123. The van der Waals surface area contributed by atoms with Gasteiger partial charge in [-0.25, -0.2) is 0 Å². The molecule has 0 saturated heterocycles. The molecule has 9 nitrogen and oxygen atoms in total. The fourth-order valence-electron chi connectivity index (χ4n) is 2.20. The van der Waals surface area contributed by atoms with E-state index in [1.807, 2.05) is 0 Å². The average Bonchev–Trinajstić information content (AvgIpc) is 2.61. The molecule has 1 atom stereocenters. The van der Waals surface area contributed by atoms with Crippen molar-refractivity contribution in [3.63, 3.8) is 0 Å². The van der Waals surface area contributed by atoms with E-state index in [9.17, 15) is 14.4 Å². The van der Waals surface area contributed by atoms with E-state index < -0.39 is 11.9 Å². The van der Waals surface area contributed by atoms with Crippen LogP contribution < -0.4 is 27.8 Å². The van der Waals surface area contributed by atoms with Crippen LogP contribution in [0.5, 0.6) is 0 Å². The molecule has 1 aromatic rings. The number of rotatable bonds is 11. The van der Waals surface area contributed by atoms with E-state index >= 15 is 0 Å². The number of hydrogen-bond donors (Lipinski definition) is 5. The number of carbonyl (C=O) groups is 3. The van der Waals surface area contributed by atoms with Gasteiger partial charge in [-0.15, -0.1) is 0 Å².